The van der Waals surface area contributed by atoms with Gasteiger partial charge in [0.1, 0.15) is 5.82 Å². The van der Waals surface area contributed by atoms with E-state index in [9.17, 15) is 22.4 Å². The number of hydrogen-bond acceptors (Lipinski definition) is 4. The molecule has 3 amide bonds. The van der Waals surface area contributed by atoms with Gasteiger partial charge in [0, 0.05) is 23.8 Å². The molecule has 2 aromatic carbocycles. The summed E-state index contributed by atoms with van der Waals surface area (Å²) < 4.78 is 35.7. The molecule has 1 saturated heterocycles. The molecule has 1 aliphatic heterocycles. The summed E-state index contributed by atoms with van der Waals surface area (Å²) in [4.78, 5) is 24.2. The van der Waals surface area contributed by atoms with Crippen molar-refractivity contribution >= 4 is 27.5 Å². The number of urea groups is 1. The van der Waals surface area contributed by atoms with Crippen LogP contribution in [-0.2, 0) is 16.3 Å². The fourth-order valence-corrected chi connectivity index (χ4v) is 4.71. The Kier molecular flexibility index (Phi) is 6.48. The molecule has 0 bridgehead atoms. The van der Waals surface area contributed by atoms with Crippen molar-refractivity contribution in [3.05, 3.63) is 65.5 Å². The van der Waals surface area contributed by atoms with Gasteiger partial charge in [0.15, 0.2) is 9.84 Å². The molecule has 7 nitrogen and oxygen atoms in total. The molecule has 29 heavy (non-hydrogen) atoms. The van der Waals surface area contributed by atoms with Crippen LogP contribution in [0.4, 0.5) is 14.9 Å². The second-order valence-corrected chi connectivity index (χ2v) is 9.14. The Morgan fingerprint density at radius 3 is 2.34 bits per heavy atom. The molecule has 1 unspecified atom stereocenters. The van der Waals surface area contributed by atoms with Crippen LogP contribution in [0.2, 0.25) is 0 Å². The number of carbonyl (C=O) groups is 2. The molecule has 2 aromatic rings. The van der Waals surface area contributed by atoms with Crippen LogP contribution in [0.1, 0.15) is 22.3 Å². The normalized spacial score (nSPS) is 17.5. The van der Waals surface area contributed by atoms with Crippen LogP contribution >= 0.6 is 0 Å². The van der Waals surface area contributed by atoms with Gasteiger partial charge in [-0.2, -0.15) is 0 Å². The van der Waals surface area contributed by atoms with Crippen LogP contribution in [0.15, 0.2) is 48.5 Å². The molecule has 1 aliphatic rings. The van der Waals surface area contributed by atoms with Crippen LogP contribution in [0.5, 0.6) is 0 Å². The first-order valence-corrected chi connectivity index (χ1v) is 11.0. The predicted octanol–water partition coefficient (Wildman–Crippen LogP) is 2.11. The van der Waals surface area contributed by atoms with Crippen molar-refractivity contribution in [2.45, 2.75) is 18.9 Å². The van der Waals surface area contributed by atoms with E-state index in [1.807, 2.05) is 0 Å². The van der Waals surface area contributed by atoms with E-state index in [0.717, 1.165) is 5.56 Å². The van der Waals surface area contributed by atoms with Crippen molar-refractivity contribution in [3.63, 3.8) is 0 Å². The molecule has 0 radical (unpaired) electrons. The zero-order valence-electron chi connectivity index (χ0n) is 15.7. The predicted molar refractivity (Wildman–Crippen MR) is 108 cm³/mol. The highest BCUT2D eigenvalue weighted by Gasteiger charge is 2.28. The van der Waals surface area contributed by atoms with Gasteiger partial charge in [-0.05, 0) is 54.8 Å². The summed E-state index contributed by atoms with van der Waals surface area (Å²) in [6.45, 7) is 0.414. The van der Waals surface area contributed by atoms with E-state index in [1.165, 1.54) is 12.1 Å². The lowest BCUT2D eigenvalue weighted by atomic mass is 10.1. The standard InChI is InChI=1S/C20H22FN3O4S/c21-16-5-1-14(2-6-16)9-11-22-19(25)15-3-7-17(8-4-15)23-20(26)24-18-10-12-29(27,28)13-18/h1-8,18H,9-13H2,(H,22,25)(H2,23,24,26). The van der Waals surface area contributed by atoms with Crippen molar-refractivity contribution < 1.29 is 22.4 Å². The number of halogens is 1. The van der Waals surface area contributed by atoms with Gasteiger partial charge in [-0.15, -0.1) is 0 Å². The Hall–Kier alpha value is -2.94. The SMILES string of the molecule is O=C(Nc1ccc(C(=O)NCCc2ccc(F)cc2)cc1)NC1CCS(=O)(=O)C1. The monoisotopic (exact) mass is 419 g/mol. The second-order valence-electron chi connectivity index (χ2n) is 6.91. The number of anilines is 1. The smallest absolute Gasteiger partial charge is 0.319 e. The molecule has 3 N–H and O–H groups in total. The number of sulfone groups is 1. The summed E-state index contributed by atoms with van der Waals surface area (Å²) in [5.74, 6) is -0.506. The molecular weight excluding hydrogens is 397 g/mol. The van der Waals surface area contributed by atoms with Crippen LogP contribution in [0.3, 0.4) is 0 Å². The number of rotatable bonds is 6. The first-order valence-electron chi connectivity index (χ1n) is 9.21. The Morgan fingerprint density at radius 2 is 1.72 bits per heavy atom. The Morgan fingerprint density at radius 1 is 1.03 bits per heavy atom. The van der Waals surface area contributed by atoms with Gasteiger partial charge < -0.3 is 16.0 Å². The zero-order chi connectivity index (χ0) is 20.9. The molecule has 1 heterocycles. The van der Waals surface area contributed by atoms with E-state index in [0.29, 0.717) is 30.6 Å². The number of hydrogen-bond donors (Lipinski definition) is 3. The largest absolute Gasteiger partial charge is 0.352 e. The van der Waals surface area contributed by atoms with Crippen LogP contribution in [-0.4, -0.2) is 44.4 Å². The summed E-state index contributed by atoms with van der Waals surface area (Å²) in [5, 5.41) is 8.05. The van der Waals surface area contributed by atoms with E-state index in [4.69, 9.17) is 0 Å². The Balaban J connectivity index is 1.44. The maximum Gasteiger partial charge on any atom is 0.319 e. The first kappa shape index (κ1) is 20.8. The number of benzene rings is 2. The second kappa shape index (κ2) is 9.04. The molecule has 0 saturated carbocycles. The fraction of sp³-hybridized carbons (Fsp3) is 0.300. The lowest BCUT2D eigenvalue weighted by molar-refractivity contribution is 0.0954. The highest BCUT2D eigenvalue weighted by Crippen LogP contribution is 2.13. The Labute approximate surface area is 168 Å². The maximum atomic E-state index is 12.9. The number of amides is 3. The zero-order valence-corrected chi connectivity index (χ0v) is 16.5. The highest BCUT2D eigenvalue weighted by atomic mass is 32.2. The van der Waals surface area contributed by atoms with Crippen molar-refractivity contribution in [1.29, 1.82) is 0 Å². The van der Waals surface area contributed by atoms with Gasteiger partial charge in [0.05, 0.1) is 11.5 Å². The summed E-state index contributed by atoms with van der Waals surface area (Å²) in [7, 11) is -3.06. The van der Waals surface area contributed by atoms with Gasteiger partial charge in [-0.1, -0.05) is 12.1 Å². The topological polar surface area (TPSA) is 104 Å². The van der Waals surface area contributed by atoms with E-state index in [1.54, 1.807) is 36.4 Å². The minimum atomic E-state index is -3.06. The fourth-order valence-electron chi connectivity index (χ4n) is 3.04. The van der Waals surface area contributed by atoms with E-state index in [-0.39, 0.29) is 29.3 Å². The van der Waals surface area contributed by atoms with Crippen molar-refractivity contribution in [1.82, 2.24) is 10.6 Å². The summed E-state index contributed by atoms with van der Waals surface area (Å²) in [5.41, 5.74) is 1.86. The number of carbonyl (C=O) groups excluding carboxylic acids is 2. The van der Waals surface area contributed by atoms with Crippen molar-refractivity contribution in [3.8, 4) is 0 Å². The average molecular weight is 419 g/mol. The molecule has 0 spiro atoms. The molecule has 0 aliphatic carbocycles. The van der Waals surface area contributed by atoms with Crippen molar-refractivity contribution in [2.75, 3.05) is 23.4 Å². The van der Waals surface area contributed by atoms with Crippen molar-refractivity contribution in [2.24, 2.45) is 0 Å². The molecule has 1 fully saturated rings. The third-order valence-electron chi connectivity index (χ3n) is 4.59. The third-order valence-corrected chi connectivity index (χ3v) is 6.35. The number of nitrogens with one attached hydrogen (secondary N) is 3. The van der Waals surface area contributed by atoms with Gasteiger partial charge in [-0.25, -0.2) is 17.6 Å². The highest BCUT2D eigenvalue weighted by molar-refractivity contribution is 7.91. The molecule has 1 atom stereocenters. The average Bonchev–Trinajstić information content (AvgIpc) is 3.02. The van der Waals surface area contributed by atoms with Crippen LogP contribution in [0, 0.1) is 5.82 Å². The lowest BCUT2D eigenvalue weighted by Crippen LogP contribution is -2.38. The van der Waals surface area contributed by atoms with Gasteiger partial charge in [0.2, 0.25) is 0 Å². The van der Waals surface area contributed by atoms with E-state index < -0.39 is 15.9 Å². The molecule has 3 rings (SSSR count). The van der Waals surface area contributed by atoms with Gasteiger partial charge in [-0.3, -0.25) is 4.79 Å². The third kappa shape index (κ3) is 6.28. The molecular formula is C20H22FN3O4S. The maximum absolute atomic E-state index is 12.9. The van der Waals surface area contributed by atoms with E-state index >= 15 is 0 Å². The van der Waals surface area contributed by atoms with Crippen LogP contribution < -0.4 is 16.0 Å². The summed E-state index contributed by atoms with van der Waals surface area (Å²) in [6, 6.07) is 11.6. The molecule has 154 valence electrons. The lowest BCUT2D eigenvalue weighted by Gasteiger charge is -2.12. The molecule has 0 aromatic heterocycles. The van der Waals surface area contributed by atoms with Gasteiger partial charge >= 0.3 is 6.03 Å². The quantitative estimate of drug-likeness (QED) is 0.667. The molecule has 9 heteroatoms. The minimum Gasteiger partial charge on any atom is -0.352 e. The minimum absolute atomic E-state index is 0.0442. The summed E-state index contributed by atoms with van der Waals surface area (Å²) in [6.07, 6.45) is 0.996. The van der Waals surface area contributed by atoms with E-state index in [2.05, 4.69) is 16.0 Å². The first-order chi connectivity index (χ1) is 13.8. The Bertz CT molecular complexity index is 976. The van der Waals surface area contributed by atoms with Gasteiger partial charge in [0.25, 0.3) is 5.91 Å². The van der Waals surface area contributed by atoms with Crippen LogP contribution in [0.25, 0.3) is 0 Å². The summed E-state index contributed by atoms with van der Waals surface area (Å²) >= 11 is 0.